The van der Waals surface area contributed by atoms with E-state index in [0.717, 1.165) is 44.2 Å². The van der Waals surface area contributed by atoms with Gasteiger partial charge in [-0.15, -0.1) is 0 Å². The summed E-state index contributed by atoms with van der Waals surface area (Å²) in [5.74, 6) is 0.445. The molecule has 190 valence electrons. The van der Waals surface area contributed by atoms with E-state index in [2.05, 4.69) is 0 Å². The molecule has 0 bridgehead atoms. The number of carbonyl (C=O) groups excluding carboxylic acids is 3. The molecular formula is C28H39N3O4. The van der Waals surface area contributed by atoms with Gasteiger partial charge in [0.2, 0.25) is 17.7 Å². The molecule has 1 aromatic carbocycles. The first-order valence-electron chi connectivity index (χ1n) is 13.5. The predicted octanol–water partition coefficient (Wildman–Crippen LogP) is 3.23. The molecule has 0 aromatic heterocycles. The van der Waals surface area contributed by atoms with E-state index >= 15 is 0 Å². The van der Waals surface area contributed by atoms with E-state index in [9.17, 15) is 14.4 Å². The number of nitrogens with zero attached hydrogens (tertiary/aromatic N) is 3. The third kappa shape index (κ3) is 5.71. The molecule has 4 fully saturated rings. The van der Waals surface area contributed by atoms with Crippen LogP contribution in [0.2, 0.25) is 0 Å². The van der Waals surface area contributed by atoms with Gasteiger partial charge >= 0.3 is 0 Å². The second kappa shape index (κ2) is 10.7. The van der Waals surface area contributed by atoms with Crippen molar-refractivity contribution in [3.8, 4) is 0 Å². The van der Waals surface area contributed by atoms with Crippen molar-refractivity contribution in [1.82, 2.24) is 14.7 Å². The van der Waals surface area contributed by atoms with Crippen LogP contribution in [-0.2, 0) is 25.7 Å². The zero-order chi connectivity index (χ0) is 24.3. The Morgan fingerprint density at radius 3 is 2.46 bits per heavy atom. The van der Waals surface area contributed by atoms with E-state index in [4.69, 9.17) is 4.74 Å². The van der Waals surface area contributed by atoms with Gasteiger partial charge in [-0.05, 0) is 43.1 Å². The fourth-order valence-electron chi connectivity index (χ4n) is 6.38. The molecule has 2 aliphatic heterocycles. The number of hydrogen-bond donors (Lipinski definition) is 0. The molecule has 2 aliphatic carbocycles. The molecule has 4 aliphatic rings. The van der Waals surface area contributed by atoms with E-state index in [0.29, 0.717) is 39.2 Å². The minimum atomic E-state index is -0.222. The highest BCUT2D eigenvalue weighted by molar-refractivity contribution is 5.88. The lowest BCUT2D eigenvalue weighted by atomic mass is 9.84. The molecule has 7 nitrogen and oxygen atoms in total. The summed E-state index contributed by atoms with van der Waals surface area (Å²) in [6.45, 7) is 3.64. The fourth-order valence-corrected chi connectivity index (χ4v) is 6.38. The number of likely N-dealkylation sites (tertiary alicyclic amines) is 1. The van der Waals surface area contributed by atoms with E-state index < -0.39 is 0 Å². The van der Waals surface area contributed by atoms with E-state index in [1.54, 1.807) is 4.90 Å². The number of benzene rings is 1. The molecule has 2 saturated carbocycles. The van der Waals surface area contributed by atoms with Crippen molar-refractivity contribution in [2.45, 2.75) is 70.5 Å². The van der Waals surface area contributed by atoms with Gasteiger partial charge in [-0.2, -0.15) is 0 Å². The number of carbonyl (C=O) groups is 3. The summed E-state index contributed by atoms with van der Waals surface area (Å²) in [7, 11) is 0. The first-order chi connectivity index (χ1) is 17.0. The van der Waals surface area contributed by atoms with Gasteiger partial charge in [0.25, 0.3) is 0 Å². The monoisotopic (exact) mass is 481 g/mol. The molecule has 2 saturated heterocycles. The van der Waals surface area contributed by atoms with Crippen molar-refractivity contribution < 1.29 is 19.1 Å². The van der Waals surface area contributed by atoms with E-state index in [1.165, 1.54) is 19.3 Å². The average molecular weight is 482 g/mol. The maximum Gasteiger partial charge on any atom is 0.242 e. The fraction of sp³-hybridized carbons (Fsp3) is 0.679. The summed E-state index contributed by atoms with van der Waals surface area (Å²) in [5, 5.41) is 0. The standard InChI is InChI=1S/C28H39N3O4/c32-25-11-7-14-29(25)15-8-16-30-18-23(35-21-22-9-3-1-4-10-22)19-31(20-26(30)33)27(34)24-17-28(24)12-5-2-6-13-28/h1,3-4,9-10,23-24H,2,5-8,11-21H2. The minimum Gasteiger partial charge on any atom is -0.370 e. The maximum absolute atomic E-state index is 13.5. The Kier molecular flexibility index (Phi) is 7.42. The van der Waals surface area contributed by atoms with Crippen molar-refractivity contribution in [3.63, 3.8) is 0 Å². The van der Waals surface area contributed by atoms with Crippen molar-refractivity contribution >= 4 is 17.7 Å². The molecule has 3 amide bonds. The summed E-state index contributed by atoms with van der Waals surface area (Å²) < 4.78 is 6.29. The van der Waals surface area contributed by atoms with Gasteiger partial charge in [-0.1, -0.05) is 49.6 Å². The predicted molar refractivity (Wildman–Crippen MR) is 132 cm³/mol. The van der Waals surface area contributed by atoms with Crippen LogP contribution in [0, 0.1) is 11.3 Å². The molecule has 0 N–H and O–H groups in total. The normalized spacial score (nSPS) is 26.3. The molecule has 1 spiro atoms. The number of rotatable bonds is 8. The molecule has 2 unspecified atom stereocenters. The Morgan fingerprint density at radius 1 is 0.943 bits per heavy atom. The highest BCUT2D eigenvalue weighted by Gasteiger charge is 2.58. The van der Waals surface area contributed by atoms with Crippen molar-refractivity contribution in [2.75, 3.05) is 39.3 Å². The summed E-state index contributed by atoms with van der Waals surface area (Å²) in [6.07, 6.45) is 9.10. The summed E-state index contributed by atoms with van der Waals surface area (Å²) in [6, 6.07) is 10.0. The molecule has 5 rings (SSSR count). The van der Waals surface area contributed by atoms with Gasteiger partial charge in [0, 0.05) is 45.1 Å². The lowest BCUT2D eigenvalue weighted by Crippen LogP contribution is -2.41. The number of ether oxygens (including phenoxy) is 1. The second-order valence-electron chi connectivity index (χ2n) is 11.0. The zero-order valence-corrected chi connectivity index (χ0v) is 20.8. The van der Waals surface area contributed by atoms with Crippen LogP contribution in [0.1, 0.15) is 63.4 Å². The molecule has 0 radical (unpaired) electrons. The highest BCUT2D eigenvalue weighted by Crippen LogP contribution is 2.62. The highest BCUT2D eigenvalue weighted by atomic mass is 16.5. The van der Waals surface area contributed by atoms with Gasteiger partial charge in [0.05, 0.1) is 19.3 Å². The summed E-state index contributed by atoms with van der Waals surface area (Å²) in [5.41, 5.74) is 1.29. The Balaban J connectivity index is 1.23. The van der Waals surface area contributed by atoms with Crippen LogP contribution in [0.3, 0.4) is 0 Å². The maximum atomic E-state index is 13.5. The third-order valence-corrected chi connectivity index (χ3v) is 8.53. The lowest BCUT2D eigenvalue weighted by Gasteiger charge is -2.27. The topological polar surface area (TPSA) is 70.2 Å². The third-order valence-electron chi connectivity index (χ3n) is 8.53. The van der Waals surface area contributed by atoms with Crippen molar-refractivity contribution in [1.29, 1.82) is 0 Å². The Bertz CT molecular complexity index is 914. The largest absolute Gasteiger partial charge is 0.370 e. The van der Waals surface area contributed by atoms with Crippen LogP contribution in [0.25, 0.3) is 0 Å². The van der Waals surface area contributed by atoms with Crippen LogP contribution in [0.5, 0.6) is 0 Å². The lowest BCUT2D eigenvalue weighted by molar-refractivity contribution is -0.140. The van der Waals surface area contributed by atoms with Crippen molar-refractivity contribution in [3.05, 3.63) is 35.9 Å². The van der Waals surface area contributed by atoms with Crippen LogP contribution in [-0.4, -0.2) is 77.8 Å². The van der Waals surface area contributed by atoms with E-state index in [-0.39, 0.29) is 41.7 Å². The van der Waals surface area contributed by atoms with Gasteiger partial charge in [0.15, 0.2) is 0 Å². The van der Waals surface area contributed by atoms with Gasteiger partial charge in [-0.3, -0.25) is 14.4 Å². The number of hydrogen-bond acceptors (Lipinski definition) is 4. The molecular weight excluding hydrogens is 442 g/mol. The molecule has 1 aromatic rings. The number of amides is 3. The van der Waals surface area contributed by atoms with Crippen molar-refractivity contribution in [2.24, 2.45) is 11.3 Å². The molecule has 2 heterocycles. The molecule has 2 atom stereocenters. The first kappa shape index (κ1) is 24.3. The van der Waals surface area contributed by atoms with Gasteiger partial charge in [-0.25, -0.2) is 0 Å². The first-order valence-corrected chi connectivity index (χ1v) is 13.5. The Labute approximate surface area is 208 Å². The molecule has 35 heavy (non-hydrogen) atoms. The summed E-state index contributed by atoms with van der Waals surface area (Å²) >= 11 is 0. The van der Waals surface area contributed by atoms with Crippen LogP contribution >= 0.6 is 0 Å². The zero-order valence-electron chi connectivity index (χ0n) is 20.8. The average Bonchev–Trinajstić information content (AvgIpc) is 3.45. The Morgan fingerprint density at radius 2 is 1.71 bits per heavy atom. The minimum absolute atomic E-state index is 0.00439. The summed E-state index contributed by atoms with van der Waals surface area (Å²) in [4.78, 5) is 44.3. The van der Waals surface area contributed by atoms with Crippen LogP contribution in [0.4, 0.5) is 0 Å². The van der Waals surface area contributed by atoms with Crippen LogP contribution in [0.15, 0.2) is 30.3 Å². The van der Waals surface area contributed by atoms with Gasteiger partial charge in [0.1, 0.15) is 0 Å². The van der Waals surface area contributed by atoms with E-state index in [1.807, 2.05) is 40.1 Å². The second-order valence-corrected chi connectivity index (χ2v) is 11.0. The van der Waals surface area contributed by atoms with Crippen LogP contribution < -0.4 is 0 Å². The van der Waals surface area contributed by atoms with Gasteiger partial charge < -0.3 is 19.4 Å². The smallest absolute Gasteiger partial charge is 0.242 e. The molecule has 7 heteroatoms. The Hall–Kier alpha value is -2.41. The quantitative estimate of drug-likeness (QED) is 0.572. The SMILES string of the molecule is O=C1CCCN1CCCN1CC(OCc2ccccc2)CN(C(=O)C2CC23CCCCC3)CC1=O.